The quantitative estimate of drug-likeness (QED) is 0.0967. The molecule has 0 aliphatic heterocycles. The van der Waals surface area contributed by atoms with Gasteiger partial charge in [-0.05, 0) is 303 Å². The highest BCUT2D eigenvalue weighted by molar-refractivity contribution is 6.24. The molecule has 0 atom stereocenters. The Balaban J connectivity index is 0.000000145. The normalized spacial score (nSPS) is 11.8. The van der Waals surface area contributed by atoms with Gasteiger partial charge in [0, 0.05) is 65.8 Å². The van der Waals surface area contributed by atoms with Gasteiger partial charge in [-0.1, -0.05) is 411 Å². The summed E-state index contributed by atoms with van der Waals surface area (Å²) in [6.07, 6.45) is 0. The van der Waals surface area contributed by atoms with Gasteiger partial charge in [0.25, 0.3) is 0 Å². The van der Waals surface area contributed by atoms with Crippen LogP contribution in [0.1, 0.15) is 22.3 Å². The molecule has 0 spiro atoms. The molecule has 676 valence electrons. The summed E-state index contributed by atoms with van der Waals surface area (Å²) in [5, 5.41) is 20.2. The van der Waals surface area contributed by atoms with E-state index in [1.807, 2.05) is 0 Å². The largest absolute Gasteiger partial charge is 0.309 e. The maximum atomic E-state index is 2.38. The van der Waals surface area contributed by atoms with Crippen LogP contribution in [0.5, 0.6) is 0 Å². The summed E-state index contributed by atoms with van der Waals surface area (Å²) < 4.78 is 9.50. The van der Waals surface area contributed by atoms with Gasteiger partial charge in [-0.2, -0.15) is 0 Å². The molecule has 0 amide bonds. The standard InChI is InChI=1S/C76H52N2.C64H44N2/c1-49-21-41-65-69(45-49)75(57-35-31-53(32-36-57)51-23-27-55(28-24-51)59-39-43-73-67(47-59)63-17-9-11-19-71(63)77(73)61-13-5-3-6-14-61)66-42-22-50(2)46-70(66)76(65)58-37-33-54(34-38-58)52-25-29-56(30-26-52)60-40-44-74-68(48-60)64-18-10-12-20-72(64)78(74)62-15-7-4-8-16-62;1-41-21-33-53-57(37-41)63(45-27-23-43(24-28-45)47-31-35-61-55(39-47)51-17-9-11-19-59(51)65(61)49-13-5-3-6-14-49)54-34-22-42(2)38-58(54)64(53)46-29-25-44(26-30-46)48-32-36-62-56(40-48)52-18-10-12-20-60(52)66(62)50-15-7-4-8-16-50/h3-48H,1-2H3;3-40H,1-2H3. The Morgan fingerprint density at radius 1 is 0.104 bits per heavy atom. The third-order valence-corrected chi connectivity index (χ3v) is 30.1. The Labute approximate surface area is 836 Å². The van der Waals surface area contributed by atoms with Crippen molar-refractivity contribution in [2.75, 3.05) is 0 Å². The number of hydrogen-bond donors (Lipinski definition) is 0. The van der Waals surface area contributed by atoms with Gasteiger partial charge < -0.3 is 18.3 Å². The molecule has 0 saturated carbocycles. The van der Waals surface area contributed by atoms with E-state index < -0.39 is 0 Å². The molecule has 24 aromatic carbocycles. The fraction of sp³-hybridized carbons (Fsp3) is 0.0286. The van der Waals surface area contributed by atoms with E-state index in [0.717, 1.165) is 0 Å². The number of aromatic nitrogens is 4. The molecule has 0 fully saturated rings. The molecule has 4 nitrogen and oxygen atoms in total. The second-order valence-corrected chi connectivity index (χ2v) is 38.8. The van der Waals surface area contributed by atoms with Crippen LogP contribution in [0.4, 0.5) is 0 Å². The summed E-state index contributed by atoms with van der Waals surface area (Å²) in [6, 6.07) is 188. The van der Waals surface area contributed by atoms with Gasteiger partial charge in [0.2, 0.25) is 0 Å². The zero-order valence-electron chi connectivity index (χ0n) is 80.3. The van der Waals surface area contributed by atoms with E-state index in [2.05, 4.69) is 556 Å². The van der Waals surface area contributed by atoms with Crippen molar-refractivity contribution in [3.63, 3.8) is 0 Å². The maximum absolute atomic E-state index is 2.38. The van der Waals surface area contributed by atoms with Crippen LogP contribution in [0.25, 0.3) is 264 Å². The Bertz CT molecular complexity index is 9380. The number of para-hydroxylation sites is 8. The highest BCUT2D eigenvalue weighted by atomic mass is 15.0. The zero-order chi connectivity index (χ0) is 95.7. The minimum Gasteiger partial charge on any atom is -0.309 e. The molecule has 0 aliphatic carbocycles. The molecule has 0 N–H and O–H groups in total. The third-order valence-electron chi connectivity index (χ3n) is 30.1. The second kappa shape index (κ2) is 34.8. The molecule has 4 heteroatoms. The summed E-state index contributed by atoms with van der Waals surface area (Å²) in [5.74, 6) is 0. The number of nitrogens with zero attached hydrogens (tertiary/aromatic N) is 4. The predicted octanol–water partition coefficient (Wildman–Crippen LogP) is 38.3. The van der Waals surface area contributed by atoms with Crippen molar-refractivity contribution in [2.45, 2.75) is 27.7 Å². The van der Waals surface area contributed by atoms with E-state index in [9.17, 15) is 0 Å². The molecular weight excluding hydrogens is 1740 g/mol. The highest BCUT2D eigenvalue weighted by Crippen LogP contribution is 2.50. The lowest BCUT2D eigenvalue weighted by Crippen LogP contribution is -1.93. The van der Waals surface area contributed by atoms with Crippen molar-refractivity contribution in [3.05, 3.63) is 532 Å². The molecule has 0 unspecified atom stereocenters. The van der Waals surface area contributed by atoms with E-state index in [1.165, 1.54) is 287 Å². The molecule has 0 aliphatic rings. The minimum atomic E-state index is 1.17. The SMILES string of the molecule is Cc1ccc2c(-c3ccc(-c4ccc(-c5ccc6c(c5)c5ccccc5n6-c5ccccc5)cc4)cc3)c3cc(C)ccc3c(-c3ccc(-c4ccc(-c5ccc6c(c5)c5ccccc5n6-c5ccccc5)cc4)cc3)c2c1.Cc1ccc2c(-c3ccc(-c4ccc5c(c4)c4ccccc4n5-c4ccccc4)cc3)c3cc(C)ccc3c(-c3ccc(-c4ccc5c(c4)c4ccccc4n5-c4ccccc4)cc3)c2c1. The summed E-state index contributed by atoms with van der Waals surface area (Å²) in [5.41, 5.74) is 43.8. The number of rotatable bonds is 14. The van der Waals surface area contributed by atoms with Crippen LogP contribution < -0.4 is 0 Å². The first-order valence-electron chi connectivity index (χ1n) is 50.0. The van der Waals surface area contributed by atoms with Crippen molar-refractivity contribution >= 4 is 130 Å². The van der Waals surface area contributed by atoms with Crippen LogP contribution in [0.2, 0.25) is 0 Å². The summed E-state index contributed by atoms with van der Waals surface area (Å²) in [6.45, 7) is 8.83. The average Bonchev–Trinajstić information content (AvgIpc) is 1.38. The molecular formula is C140H96N4. The van der Waals surface area contributed by atoms with Crippen LogP contribution in [0.3, 0.4) is 0 Å². The van der Waals surface area contributed by atoms with E-state index in [4.69, 9.17) is 0 Å². The minimum absolute atomic E-state index is 1.17. The summed E-state index contributed by atoms with van der Waals surface area (Å²) in [4.78, 5) is 0. The predicted molar refractivity (Wildman–Crippen MR) is 614 cm³/mol. The van der Waals surface area contributed by atoms with Gasteiger partial charge in [-0.3, -0.25) is 0 Å². The highest BCUT2D eigenvalue weighted by Gasteiger charge is 2.25. The average molecular weight is 1830 g/mol. The fourth-order valence-corrected chi connectivity index (χ4v) is 23.2. The van der Waals surface area contributed by atoms with Crippen LogP contribution in [0.15, 0.2) is 510 Å². The van der Waals surface area contributed by atoms with Crippen molar-refractivity contribution in [3.8, 4) is 134 Å². The Morgan fingerprint density at radius 2 is 0.264 bits per heavy atom. The lowest BCUT2D eigenvalue weighted by atomic mass is 9.84. The lowest BCUT2D eigenvalue weighted by molar-refractivity contribution is 1.18. The second-order valence-electron chi connectivity index (χ2n) is 38.8. The van der Waals surface area contributed by atoms with Crippen molar-refractivity contribution in [2.24, 2.45) is 0 Å². The van der Waals surface area contributed by atoms with Gasteiger partial charge in [0.05, 0.1) is 44.1 Å². The van der Waals surface area contributed by atoms with Gasteiger partial charge in [-0.15, -0.1) is 0 Å². The Morgan fingerprint density at radius 3 is 0.465 bits per heavy atom. The first kappa shape index (κ1) is 84.8. The van der Waals surface area contributed by atoms with Crippen LogP contribution >= 0.6 is 0 Å². The lowest BCUT2D eigenvalue weighted by Gasteiger charge is -2.19. The Kier molecular flexibility index (Phi) is 20.5. The smallest absolute Gasteiger partial charge is 0.0541 e. The van der Waals surface area contributed by atoms with Crippen LogP contribution in [0, 0.1) is 27.7 Å². The topological polar surface area (TPSA) is 19.7 Å². The van der Waals surface area contributed by atoms with E-state index in [1.54, 1.807) is 0 Å². The third kappa shape index (κ3) is 14.5. The first-order chi connectivity index (χ1) is 71.0. The van der Waals surface area contributed by atoms with Crippen molar-refractivity contribution < 1.29 is 0 Å². The molecule has 4 heterocycles. The molecule has 0 saturated heterocycles. The number of benzene rings is 24. The molecule has 0 radical (unpaired) electrons. The van der Waals surface area contributed by atoms with Gasteiger partial charge in [-0.25, -0.2) is 0 Å². The van der Waals surface area contributed by atoms with Crippen molar-refractivity contribution in [1.82, 2.24) is 18.3 Å². The van der Waals surface area contributed by atoms with Crippen LogP contribution in [-0.2, 0) is 0 Å². The monoisotopic (exact) mass is 1830 g/mol. The summed E-state index contributed by atoms with van der Waals surface area (Å²) in [7, 11) is 0. The van der Waals surface area contributed by atoms with E-state index in [-0.39, 0.29) is 0 Å². The Hall–Kier alpha value is -18.5. The van der Waals surface area contributed by atoms with Gasteiger partial charge >= 0.3 is 0 Å². The molecule has 28 rings (SSSR count). The molecule has 28 aromatic rings. The number of fused-ring (bicyclic) bond motifs is 16. The number of aryl methyl sites for hydroxylation is 4. The summed E-state index contributed by atoms with van der Waals surface area (Å²) >= 11 is 0. The first-order valence-corrected chi connectivity index (χ1v) is 50.0. The zero-order valence-corrected chi connectivity index (χ0v) is 80.3. The van der Waals surface area contributed by atoms with Gasteiger partial charge in [0.15, 0.2) is 0 Å². The van der Waals surface area contributed by atoms with Crippen molar-refractivity contribution in [1.29, 1.82) is 0 Å². The molecule has 144 heavy (non-hydrogen) atoms. The maximum Gasteiger partial charge on any atom is 0.0541 e. The molecule has 0 bridgehead atoms. The fourth-order valence-electron chi connectivity index (χ4n) is 23.2. The van der Waals surface area contributed by atoms with Gasteiger partial charge in [0.1, 0.15) is 0 Å². The van der Waals surface area contributed by atoms with E-state index in [0.29, 0.717) is 0 Å². The van der Waals surface area contributed by atoms with Crippen LogP contribution in [-0.4, -0.2) is 18.3 Å². The van der Waals surface area contributed by atoms with E-state index >= 15 is 0 Å². The molecule has 4 aromatic heterocycles. The number of hydrogen-bond acceptors (Lipinski definition) is 0.